The molecule has 0 radical (unpaired) electrons. The average Bonchev–Trinajstić information content (AvgIpc) is 2.71. The lowest BCUT2D eigenvalue weighted by molar-refractivity contribution is 0.471. The molecule has 0 amide bonds. The number of nitrogens with one attached hydrogen (secondary N) is 1. The van der Waals surface area contributed by atoms with Crippen LogP contribution in [0.4, 0.5) is 5.82 Å². The van der Waals surface area contributed by atoms with Gasteiger partial charge in [0, 0.05) is 23.3 Å². The zero-order valence-corrected chi connectivity index (χ0v) is 15.5. The van der Waals surface area contributed by atoms with Crippen LogP contribution in [0.1, 0.15) is 22.7 Å². The van der Waals surface area contributed by atoms with E-state index in [1.165, 1.54) is 0 Å². The fraction of sp³-hybridized carbons (Fsp3) is 0.0909. The molecule has 0 unspecified atom stereocenters. The van der Waals surface area contributed by atoms with Crippen LogP contribution in [-0.4, -0.2) is 15.1 Å². The van der Waals surface area contributed by atoms with Gasteiger partial charge in [0.15, 0.2) is 0 Å². The van der Waals surface area contributed by atoms with Gasteiger partial charge in [-0.1, -0.05) is 41.9 Å². The summed E-state index contributed by atoms with van der Waals surface area (Å²) in [4.78, 5) is 8.70. The molecule has 0 saturated heterocycles. The van der Waals surface area contributed by atoms with Crippen molar-refractivity contribution in [1.82, 2.24) is 9.97 Å². The topological polar surface area (TPSA) is 58.0 Å². The molecule has 5 heteroatoms. The van der Waals surface area contributed by atoms with Gasteiger partial charge in [-0.05, 0) is 48.4 Å². The van der Waals surface area contributed by atoms with Crippen molar-refractivity contribution in [2.24, 2.45) is 0 Å². The molecular formula is C22H18ClN3O. The van der Waals surface area contributed by atoms with Gasteiger partial charge in [-0.25, -0.2) is 4.98 Å². The number of aromatic hydroxyl groups is 1. The Labute approximate surface area is 162 Å². The Morgan fingerprint density at radius 1 is 0.926 bits per heavy atom. The fourth-order valence-electron chi connectivity index (χ4n) is 3.26. The summed E-state index contributed by atoms with van der Waals surface area (Å²) in [6.07, 6.45) is 3.38. The number of aryl methyl sites for hydroxylation is 1. The summed E-state index contributed by atoms with van der Waals surface area (Å²) < 4.78 is 0. The van der Waals surface area contributed by atoms with Crippen LogP contribution in [0.25, 0.3) is 10.9 Å². The smallest absolute Gasteiger partial charge is 0.147 e. The lowest BCUT2D eigenvalue weighted by Crippen LogP contribution is -2.15. The molecule has 0 aliphatic rings. The van der Waals surface area contributed by atoms with E-state index in [1.54, 1.807) is 24.5 Å². The number of halogens is 1. The Kier molecular flexibility index (Phi) is 4.65. The minimum absolute atomic E-state index is 0.117. The molecule has 0 aliphatic heterocycles. The van der Waals surface area contributed by atoms with Crippen LogP contribution in [0, 0.1) is 6.92 Å². The maximum atomic E-state index is 11.0. The molecular weight excluding hydrogens is 358 g/mol. The van der Waals surface area contributed by atoms with Gasteiger partial charge in [0.2, 0.25) is 0 Å². The third kappa shape index (κ3) is 3.32. The number of nitrogens with zero attached hydrogens (tertiary/aromatic N) is 2. The van der Waals surface area contributed by atoms with Crippen LogP contribution >= 0.6 is 11.6 Å². The monoisotopic (exact) mass is 375 g/mol. The highest BCUT2D eigenvalue weighted by molar-refractivity contribution is 6.35. The van der Waals surface area contributed by atoms with Crippen LogP contribution in [0.15, 0.2) is 73.1 Å². The van der Waals surface area contributed by atoms with Crippen molar-refractivity contribution >= 4 is 28.3 Å². The van der Waals surface area contributed by atoms with Crippen molar-refractivity contribution in [3.63, 3.8) is 0 Å². The molecule has 0 fully saturated rings. The molecule has 2 aromatic carbocycles. The number of phenolic OH excluding ortho intramolecular Hbond substituents is 1. The summed E-state index contributed by atoms with van der Waals surface area (Å²) in [5, 5.41) is 15.7. The van der Waals surface area contributed by atoms with E-state index in [2.05, 4.69) is 15.3 Å². The highest BCUT2D eigenvalue weighted by atomic mass is 35.5. The van der Waals surface area contributed by atoms with Crippen molar-refractivity contribution in [2.75, 3.05) is 5.32 Å². The first kappa shape index (κ1) is 17.3. The van der Waals surface area contributed by atoms with Gasteiger partial charge in [0.25, 0.3) is 0 Å². The van der Waals surface area contributed by atoms with Crippen LogP contribution < -0.4 is 5.32 Å². The highest BCUT2D eigenvalue weighted by Crippen LogP contribution is 2.40. The minimum atomic E-state index is -0.329. The fourth-order valence-corrected chi connectivity index (χ4v) is 3.53. The molecule has 0 spiro atoms. The highest BCUT2D eigenvalue weighted by Gasteiger charge is 2.23. The molecule has 2 aromatic heterocycles. The van der Waals surface area contributed by atoms with Crippen LogP contribution in [0.5, 0.6) is 5.75 Å². The number of hydrogen-bond donors (Lipinski definition) is 2. The van der Waals surface area contributed by atoms with Crippen LogP contribution in [-0.2, 0) is 0 Å². The normalized spacial score (nSPS) is 12.1. The van der Waals surface area contributed by atoms with Gasteiger partial charge in [-0.3, -0.25) is 4.98 Å². The van der Waals surface area contributed by atoms with E-state index < -0.39 is 0 Å². The molecule has 2 heterocycles. The quantitative estimate of drug-likeness (QED) is 0.494. The van der Waals surface area contributed by atoms with E-state index in [4.69, 9.17) is 11.6 Å². The second kappa shape index (κ2) is 7.25. The Hall–Kier alpha value is -3.11. The first-order valence-corrected chi connectivity index (χ1v) is 9.02. The molecule has 4 rings (SSSR count). The zero-order chi connectivity index (χ0) is 18.8. The second-order valence-electron chi connectivity index (χ2n) is 6.34. The molecule has 2 N–H and O–H groups in total. The summed E-state index contributed by atoms with van der Waals surface area (Å²) in [7, 11) is 0. The molecule has 0 saturated carbocycles. The van der Waals surface area contributed by atoms with E-state index in [1.807, 2.05) is 55.5 Å². The van der Waals surface area contributed by atoms with Crippen molar-refractivity contribution < 1.29 is 5.11 Å². The number of benzene rings is 2. The summed E-state index contributed by atoms with van der Waals surface area (Å²) in [6, 6.07) is 18.8. The van der Waals surface area contributed by atoms with Gasteiger partial charge in [0.1, 0.15) is 17.1 Å². The van der Waals surface area contributed by atoms with Gasteiger partial charge in [-0.2, -0.15) is 0 Å². The minimum Gasteiger partial charge on any atom is -0.505 e. The summed E-state index contributed by atoms with van der Waals surface area (Å²) in [5.74, 6) is 0.828. The number of anilines is 1. The standard InChI is InChI=1S/C22H18ClN3O/c1-14-7-2-3-8-15(14)20(26-19-10-4-5-11-24-19)17-13-18(23)16-9-6-12-25-21(16)22(17)27/h2-13,20,27H,1H3,(H,24,26)/t20-/m0/s1. The van der Waals surface area contributed by atoms with Crippen LogP contribution in [0.3, 0.4) is 0 Å². The Morgan fingerprint density at radius 2 is 1.70 bits per heavy atom. The Morgan fingerprint density at radius 3 is 2.48 bits per heavy atom. The molecule has 0 aliphatic carbocycles. The third-order valence-corrected chi connectivity index (χ3v) is 4.93. The van der Waals surface area contributed by atoms with Gasteiger partial charge < -0.3 is 10.4 Å². The zero-order valence-electron chi connectivity index (χ0n) is 14.7. The van der Waals surface area contributed by atoms with Crippen molar-refractivity contribution in [2.45, 2.75) is 13.0 Å². The summed E-state index contributed by atoms with van der Waals surface area (Å²) in [6.45, 7) is 2.04. The maximum Gasteiger partial charge on any atom is 0.147 e. The Bertz CT molecular complexity index is 1100. The van der Waals surface area contributed by atoms with E-state index in [0.29, 0.717) is 21.9 Å². The molecule has 0 bridgehead atoms. The summed E-state index contributed by atoms with van der Waals surface area (Å²) in [5.41, 5.74) is 3.28. The van der Waals surface area contributed by atoms with Crippen molar-refractivity contribution in [3.8, 4) is 5.75 Å². The maximum absolute atomic E-state index is 11.0. The van der Waals surface area contributed by atoms with E-state index in [9.17, 15) is 5.11 Å². The third-order valence-electron chi connectivity index (χ3n) is 4.61. The molecule has 134 valence electrons. The van der Waals surface area contributed by atoms with E-state index in [-0.39, 0.29) is 11.8 Å². The van der Waals surface area contributed by atoms with Crippen molar-refractivity contribution in [3.05, 3.63) is 94.8 Å². The molecule has 27 heavy (non-hydrogen) atoms. The van der Waals surface area contributed by atoms with Gasteiger partial charge in [0.05, 0.1) is 11.1 Å². The summed E-state index contributed by atoms with van der Waals surface area (Å²) >= 11 is 6.51. The number of fused-ring (bicyclic) bond motifs is 1. The number of hydrogen-bond acceptors (Lipinski definition) is 4. The van der Waals surface area contributed by atoms with E-state index in [0.717, 1.165) is 16.5 Å². The SMILES string of the molecule is Cc1ccccc1[C@H](Nc1ccccn1)c1cc(Cl)c2cccnc2c1O. The lowest BCUT2D eigenvalue weighted by Gasteiger charge is -2.24. The number of pyridine rings is 2. The average molecular weight is 376 g/mol. The first-order chi connectivity index (χ1) is 13.1. The molecule has 1 atom stereocenters. The first-order valence-electron chi connectivity index (χ1n) is 8.64. The Balaban J connectivity index is 1.92. The predicted molar refractivity (Wildman–Crippen MR) is 109 cm³/mol. The number of phenols is 1. The van der Waals surface area contributed by atoms with E-state index >= 15 is 0 Å². The predicted octanol–water partition coefficient (Wildman–Crippen LogP) is 5.50. The number of aromatic nitrogens is 2. The molecule has 4 aromatic rings. The van der Waals surface area contributed by atoms with Gasteiger partial charge >= 0.3 is 0 Å². The largest absolute Gasteiger partial charge is 0.505 e. The number of rotatable bonds is 4. The van der Waals surface area contributed by atoms with Gasteiger partial charge in [-0.15, -0.1) is 0 Å². The second-order valence-corrected chi connectivity index (χ2v) is 6.75. The van der Waals surface area contributed by atoms with Crippen LogP contribution in [0.2, 0.25) is 5.02 Å². The molecule has 4 nitrogen and oxygen atoms in total. The van der Waals surface area contributed by atoms with Crippen molar-refractivity contribution in [1.29, 1.82) is 0 Å². The lowest BCUT2D eigenvalue weighted by atomic mass is 9.93.